The minimum Gasteiger partial charge on any atom is -0.493 e. The number of aromatic nitrogens is 2. The highest BCUT2D eigenvalue weighted by Crippen LogP contribution is 2.22. The van der Waals surface area contributed by atoms with Crippen LogP contribution < -0.4 is 4.74 Å². The number of methoxy groups -OCH3 is 1. The molecule has 2 rings (SSSR count). The van der Waals surface area contributed by atoms with Crippen molar-refractivity contribution in [2.75, 3.05) is 13.7 Å². The molecule has 0 bridgehead atoms. The Hall–Kier alpha value is -1.31. The van der Waals surface area contributed by atoms with Crippen molar-refractivity contribution in [1.82, 2.24) is 9.38 Å². The first-order valence-electron chi connectivity index (χ1n) is 5.05. The summed E-state index contributed by atoms with van der Waals surface area (Å²) in [5.74, 6) is 0.209. The lowest BCUT2D eigenvalue weighted by atomic mass is 10.4. The smallest absolute Gasteiger partial charge is 0.358 e. The predicted molar refractivity (Wildman–Crippen MR) is 70.4 cm³/mol. The summed E-state index contributed by atoms with van der Waals surface area (Å²) >= 11 is 2.18. The van der Waals surface area contributed by atoms with Gasteiger partial charge in [-0.05, 0) is 35.6 Å². The van der Waals surface area contributed by atoms with Gasteiger partial charge in [-0.3, -0.25) is 0 Å². The summed E-state index contributed by atoms with van der Waals surface area (Å²) in [5, 5.41) is 0. The Morgan fingerprint density at radius 1 is 1.53 bits per heavy atom. The molecule has 90 valence electrons. The third-order valence-corrected chi connectivity index (χ3v) is 2.78. The van der Waals surface area contributed by atoms with Crippen LogP contribution in [-0.4, -0.2) is 29.1 Å². The normalized spacial score (nSPS) is 10.5. The van der Waals surface area contributed by atoms with Crippen LogP contribution in [0.1, 0.15) is 17.4 Å². The van der Waals surface area contributed by atoms with Gasteiger partial charge in [0.15, 0.2) is 17.1 Å². The summed E-state index contributed by atoms with van der Waals surface area (Å²) in [5.41, 5.74) is 0.892. The molecule has 0 fully saturated rings. The number of ether oxygens (including phenoxy) is 2. The van der Waals surface area contributed by atoms with Crippen molar-refractivity contribution in [3.05, 3.63) is 27.7 Å². The molecular weight excluding hydrogens is 335 g/mol. The third kappa shape index (κ3) is 2.36. The maximum Gasteiger partial charge on any atom is 0.358 e. The Morgan fingerprint density at radius 2 is 2.29 bits per heavy atom. The zero-order valence-electron chi connectivity index (χ0n) is 9.44. The lowest BCUT2D eigenvalue weighted by Gasteiger charge is -2.02. The molecule has 0 spiro atoms. The van der Waals surface area contributed by atoms with Gasteiger partial charge in [0.1, 0.15) is 0 Å². The van der Waals surface area contributed by atoms with Gasteiger partial charge in [-0.2, -0.15) is 0 Å². The van der Waals surface area contributed by atoms with Crippen molar-refractivity contribution in [3.8, 4) is 5.75 Å². The van der Waals surface area contributed by atoms with E-state index in [9.17, 15) is 4.79 Å². The zero-order valence-corrected chi connectivity index (χ0v) is 11.6. The van der Waals surface area contributed by atoms with E-state index < -0.39 is 5.97 Å². The Bertz CT molecular complexity index is 565. The number of imidazole rings is 1. The van der Waals surface area contributed by atoms with Crippen LogP contribution >= 0.6 is 22.6 Å². The molecule has 0 radical (unpaired) electrons. The van der Waals surface area contributed by atoms with Crippen molar-refractivity contribution in [2.24, 2.45) is 0 Å². The van der Waals surface area contributed by atoms with Gasteiger partial charge in [-0.1, -0.05) is 0 Å². The fourth-order valence-corrected chi connectivity index (χ4v) is 2.07. The molecule has 2 aromatic heterocycles. The van der Waals surface area contributed by atoms with Crippen LogP contribution in [0.2, 0.25) is 0 Å². The summed E-state index contributed by atoms with van der Waals surface area (Å²) in [7, 11) is 1.57. The second kappa shape index (κ2) is 4.91. The molecule has 0 amide bonds. The van der Waals surface area contributed by atoms with Crippen molar-refractivity contribution in [3.63, 3.8) is 0 Å². The standard InChI is InChI=1S/C11H11IN2O3/c1-3-17-11(15)8-6-14-5-7(12)4-9(16-2)10(14)13-8/h4-6H,3H2,1-2H3. The highest BCUT2D eigenvalue weighted by molar-refractivity contribution is 14.1. The molecule has 0 aliphatic carbocycles. The topological polar surface area (TPSA) is 52.8 Å². The van der Waals surface area contributed by atoms with Crippen LogP contribution in [-0.2, 0) is 4.74 Å². The lowest BCUT2D eigenvalue weighted by molar-refractivity contribution is 0.0520. The van der Waals surface area contributed by atoms with Gasteiger partial charge in [0, 0.05) is 16.0 Å². The average Bonchev–Trinajstić information content (AvgIpc) is 2.71. The quantitative estimate of drug-likeness (QED) is 0.631. The maximum absolute atomic E-state index is 11.6. The minimum atomic E-state index is -0.423. The number of fused-ring (bicyclic) bond motifs is 1. The molecule has 0 aliphatic heterocycles. The number of carbonyl (C=O) groups excluding carboxylic acids is 1. The number of carbonyl (C=O) groups is 1. The van der Waals surface area contributed by atoms with Crippen molar-refractivity contribution < 1.29 is 14.3 Å². The fourth-order valence-electron chi connectivity index (χ4n) is 1.49. The first kappa shape index (κ1) is 12.2. The van der Waals surface area contributed by atoms with Crippen LogP contribution in [0.5, 0.6) is 5.75 Å². The molecule has 0 saturated carbocycles. The highest BCUT2D eigenvalue weighted by Gasteiger charge is 2.14. The Kier molecular flexibility index (Phi) is 3.51. The number of pyridine rings is 1. The van der Waals surface area contributed by atoms with E-state index in [-0.39, 0.29) is 5.69 Å². The first-order chi connectivity index (χ1) is 8.15. The third-order valence-electron chi connectivity index (χ3n) is 2.19. The highest BCUT2D eigenvalue weighted by atomic mass is 127. The van der Waals surface area contributed by atoms with Gasteiger partial charge in [0.05, 0.1) is 13.7 Å². The Labute approximate surface area is 112 Å². The van der Waals surface area contributed by atoms with E-state index in [1.165, 1.54) is 0 Å². The summed E-state index contributed by atoms with van der Waals surface area (Å²) in [6.07, 6.45) is 3.51. The Balaban J connectivity index is 2.53. The molecule has 2 aromatic rings. The van der Waals surface area contributed by atoms with Gasteiger partial charge in [-0.15, -0.1) is 0 Å². The molecule has 0 N–H and O–H groups in total. The average molecular weight is 346 g/mol. The van der Waals surface area contributed by atoms with Crippen LogP contribution in [0, 0.1) is 3.57 Å². The van der Waals surface area contributed by atoms with Crippen LogP contribution in [0.4, 0.5) is 0 Å². The molecular formula is C11H11IN2O3. The van der Waals surface area contributed by atoms with E-state index in [1.807, 2.05) is 12.3 Å². The van der Waals surface area contributed by atoms with Gasteiger partial charge in [-0.25, -0.2) is 9.78 Å². The number of nitrogens with zero attached hydrogens (tertiary/aromatic N) is 2. The predicted octanol–water partition coefficient (Wildman–Crippen LogP) is 2.12. The van der Waals surface area contributed by atoms with Crippen LogP contribution in [0.15, 0.2) is 18.5 Å². The van der Waals surface area contributed by atoms with E-state index in [1.54, 1.807) is 24.6 Å². The van der Waals surface area contributed by atoms with Crippen LogP contribution in [0.25, 0.3) is 5.65 Å². The molecule has 2 heterocycles. The van der Waals surface area contributed by atoms with E-state index in [0.29, 0.717) is 18.0 Å². The molecule has 5 nitrogen and oxygen atoms in total. The summed E-state index contributed by atoms with van der Waals surface area (Å²) in [6.45, 7) is 2.10. The number of rotatable bonds is 3. The largest absolute Gasteiger partial charge is 0.493 e. The molecule has 0 aromatic carbocycles. The second-order valence-corrected chi connectivity index (χ2v) is 4.55. The summed E-state index contributed by atoms with van der Waals surface area (Å²) in [4.78, 5) is 15.8. The van der Waals surface area contributed by atoms with Crippen LogP contribution in [0.3, 0.4) is 0 Å². The number of halogens is 1. The minimum absolute atomic E-state index is 0.284. The van der Waals surface area contributed by atoms with Crippen molar-refractivity contribution in [1.29, 1.82) is 0 Å². The molecule has 0 unspecified atom stereocenters. The van der Waals surface area contributed by atoms with Gasteiger partial charge in [0.25, 0.3) is 0 Å². The van der Waals surface area contributed by atoms with E-state index >= 15 is 0 Å². The molecule has 0 atom stereocenters. The van der Waals surface area contributed by atoms with Crippen molar-refractivity contribution >= 4 is 34.2 Å². The SMILES string of the molecule is CCOC(=O)c1cn2cc(I)cc(OC)c2n1. The van der Waals surface area contributed by atoms with E-state index in [0.717, 1.165) is 3.57 Å². The molecule has 6 heteroatoms. The lowest BCUT2D eigenvalue weighted by Crippen LogP contribution is -2.04. The Morgan fingerprint density at radius 3 is 2.94 bits per heavy atom. The summed E-state index contributed by atoms with van der Waals surface area (Å²) in [6, 6.07) is 1.86. The van der Waals surface area contributed by atoms with Gasteiger partial charge >= 0.3 is 5.97 Å². The molecule has 0 saturated heterocycles. The van der Waals surface area contributed by atoms with E-state index in [4.69, 9.17) is 9.47 Å². The monoisotopic (exact) mass is 346 g/mol. The number of hydrogen-bond donors (Lipinski definition) is 0. The number of hydrogen-bond acceptors (Lipinski definition) is 4. The summed E-state index contributed by atoms with van der Waals surface area (Å²) < 4.78 is 12.9. The fraction of sp³-hybridized carbons (Fsp3) is 0.273. The second-order valence-electron chi connectivity index (χ2n) is 3.30. The van der Waals surface area contributed by atoms with Crippen molar-refractivity contribution in [2.45, 2.75) is 6.92 Å². The van der Waals surface area contributed by atoms with Gasteiger partial charge < -0.3 is 13.9 Å². The first-order valence-corrected chi connectivity index (χ1v) is 6.13. The molecule has 17 heavy (non-hydrogen) atoms. The number of esters is 1. The maximum atomic E-state index is 11.6. The molecule has 0 aliphatic rings. The van der Waals surface area contributed by atoms with E-state index in [2.05, 4.69) is 27.6 Å². The zero-order chi connectivity index (χ0) is 12.4. The van der Waals surface area contributed by atoms with Gasteiger partial charge in [0.2, 0.25) is 0 Å².